The van der Waals surface area contributed by atoms with Crippen LogP contribution >= 0.6 is 0 Å². The van der Waals surface area contributed by atoms with Crippen LogP contribution in [0.15, 0.2) is 24.3 Å². The van der Waals surface area contributed by atoms with Gasteiger partial charge in [-0.15, -0.1) is 0 Å². The van der Waals surface area contributed by atoms with Crippen LogP contribution in [0.4, 0.5) is 0 Å². The standard InChI is InChI=1S/C13H18N2O5/c14-8(6-10(16)17)11(18)13(4-2-1-3-5-13)7-9(15)12(19)20/h1-4,8-9H,5-7,14-15H2,(H,16,17)(H,19,20). The van der Waals surface area contributed by atoms with E-state index in [2.05, 4.69) is 0 Å². The van der Waals surface area contributed by atoms with Gasteiger partial charge in [-0.3, -0.25) is 14.4 Å². The fraction of sp³-hybridized carbons (Fsp3) is 0.462. The van der Waals surface area contributed by atoms with E-state index in [1.54, 1.807) is 24.3 Å². The van der Waals surface area contributed by atoms with Crippen LogP contribution in [-0.4, -0.2) is 40.0 Å². The summed E-state index contributed by atoms with van der Waals surface area (Å²) < 4.78 is 0. The van der Waals surface area contributed by atoms with E-state index in [1.165, 1.54) is 0 Å². The molecule has 3 atom stereocenters. The summed E-state index contributed by atoms with van der Waals surface area (Å²) in [6.45, 7) is 0. The lowest BCUT2D eigenvalue weighted by atomic mass is 9.71. The van der Waals surface area contributed by atoms with Crippen LogP contribution in [0.2, 0.25) is 0 Å². The molecule has 0 fully saturated rings. The molecule has 0 heterocycles. The molecule has 20 heavy (non-hydrogen) atoms. The van der Waals surface area contributed by atoms with Crippen LogP contribution in [0.1, 0.15) is 19.3 Å². The van der Waals surface area contributed by atoms with Crippen molar-refractivity contribution in [3.8, 4) is 0 Å². The minimum absolute atomic E-state index is 0.116. The SMILES string of the molecule is NC(CC1(C(=O)C(N)CC(=O)O)C=CC=CC1)C(=O)O. The number of carbonyl (C=O) groups is 3. The van der Waals surface area contributed by atoms with E-state index >= 15 is 0 Å². The van der Waals surface area contributed by atoms with Crippen molar-refractivity contribution in [3.63, 3.8) is 0 Å². The van der Waals surface area contributed by atoms with Crippen LogP contribution in [-0.2, 0) is 14.4 Å². The van der Waals surface area contributed by atoms with Crippen molar-refractivity contribution in [2.45, 2.75) is 31.3 Å². The lowest BCUT2D eigenvalue weighted by molar-refractivity contribution is -0.142. The van der Waals surface area contributed by atoms with Gasteiger partial charge in [0.15, 0.2) is 5.78 Å². The highest BCUT2D eigenvalue weighted by Gasteiger charge is 2.41. The van der Waals surface area contributed by atoms with Gasteiger partial charge in [0.1, 0.15) is 6.04 Å². The van der Waals surface area contributed by atoms with Crippen molar-refractivity contribution in [1.82, 2.24) is 0 Å². The Morgan fingerprint density at radius 2 is 1.80 bits per heavy atom. The number of ketones is 1. The zero-order valence-corrected chi connectivity index (χ0v) is 10.9. The zero-order chi connectivity index (χ0) is 15.3. The van der Waals surface area contributed by atoms with Crippen molar-refractivity contribution < 1.29 is 24.6 Å². The van der Waals surface area contributed by atoms with Crippen molar-refractivity contribution in [2.75, 3.05) is 0 Å². The number of aliphatic carboxylic acids is 2. The summed E-state index contributed by atoms with van der Waals surface area (Å²) in [7, 11) is 0. The molecule has 0 amide bonds. The first-order chi connectivity index (χ1) is 9.28. The quantitative estimate of drug-likeness (QED) is 0.500. The fourth-order valence-corrected chi connectivity index (χ4v) is 2.23. The molecule has 1 aliphatic carbocycles. The van der Waals surface area contributed by atoms with Gasteiger partial charge >= 0.3 is 11.9 Å². The van der Waals surface area contributed by atoms with E-state index in [1.807, 2.05) is 0 Å². The molecule has 0 bridgehead atoms. The van der Waals surface area contributed by atoms with E-state index < -0.39 is 41.6 Å². The molecule has 0 radical (unpaired) electrons. The number of rotatable bonds is 7. The summed E-state index contributed by atoms with van der Waals surface area (Å²) in [6.07, 6.45) is 6.25. The first kappa shape index (κ1) is 16.1. The second-order valence-corrected chi connectivity index (χ2v) is 4.86. The molecule has 0 spiro atoms. The molecule has 0 aromatic heterocycles. The van der Waals surface area contributed by atoms with Crippen molar-refractivity contribution >= 4 is 17.7 Å². The Kier molecular flexibility index (Phi) is 5.18. The van der Waals surface area contributed by atoms with Gasteiger partial charge in [-0.1, -0.05) is 24.3 Å². The lowest BCUT2D eigenvalue weighted by Crippen LogP contribution is -2.48. The summed E-state index contributed by atoms with van der Waals surface area (Å²) >= 11 is 0. The molecule has 7 heteroatoms. The fourth-order valence-electron chi connectivity index (χ4n) is 2.23. The number of hydrogen-bond acceptors (Lipinski definition) is 5. The molecular weight excluding hydrogens is 264 g/mol. The molecule has 0 saturated heterocycles. The third kappa shape index (κ3) is 3.75. The summed E-state index contributed by atoms with van der Waals surface area (Å²) in [5.41, 5.74) is 9.96. The normalized spacial score (nSPS) is 24.1. The molecule has 1 rings (SSSR count). The van der Waals surface area contributed by atoms with Crippen LogP contribution in [0.5, 0.6) is 0 Å². The van der Waals surface area contributed by atoms with E-state index in [-0.39, 0.29) is 12.8 Å². The van der Waals surface area contributed by atoms with E-state index in [0.29, 0.717) is 0 Å². The smallest absolute Gasteiger partial charge is 0.320 e. The average Bonchev–Trinajstić information content (AvgIpc) is 2.37. The maximum absolute atomic E-state index is 12.4. The van der Waals surface area contributed by atoms with Gasteiger partial charge in [-0.25, -0.2) is 0 Å². The molecule has 7 nitrogen and oxygen atoms in total. The summed E-state index contributed by atoms with van der Waals surface area (Å²) in [5, 5.41) is 17.6. The number of nitrogens with two attached hydrogens (primary N) is 2. The third-order valence-electron chi connectivity index (χ3n) is 3.27. The van der Waals surface area contributed by atoms with Gasteiger partial charge in [-0.2, -0.15) is 0 Å². The van der Waals surface area contributed by atoms with Crippen molar-refractivity contribution in [1.29, 1.82) is 0 Å². The Balaban J connectivity index is 2.97. The molecule has 1 aliphatic rings. The average molecular weight is 282 g/mol. The third-order valence-corrected chi connectivity index (χ3v) is 3.27. The van der Waals surface area contributed by atoms with Crippen LogP contribution < -0.4 is 11.5 Å². The molecule has 3 unspecified atom stereocenters. The number of Topliss-reactive ketones (excluding diaryl/α,β-unsaturated/α-hetero) is 1. The number of hydrogen-bond donors (Lipinski definition) is 4. The van der Waals surface area contributed by atoms with E-state index in [0.717, 1.165) is 0 Å². The van der Waals surface area contributed by atoms with Crippen molar-refractivity contribution in [2.24, 2.45) is 16.9 Å². The topological polar surface area (TPSA) is 144 Å². The number of carboxylic acids is 2. The van der Waals surface area contributed by atoms with Gasteiger partial charge in [0.2, 0.25) is 0 Å². The largest absolute Gasteiger partial charge is 0.481 e. The highest BCUT2D eigenvalue weighted by atomic mass is 16.4. The first-order valence-electron chi connectivity index (χ1n) is 6.13. The van der Waals surface area contributed by atoms with Gasteiger partial charge < -0.3 is 21.7 Å². The number of allylic oxidation sites excluding steroid dienone is 4. The molecular formula is C13H18N2O5. The maximum Gasteiger partial charge on any atom is 0.320 e. The molecule has 0 aromatic rings. The molecule has 0 saturated carbocycles. The van der Waals surface area contributed by atoms with E-state index in [9.17, 15) is 14.4 Å². The Morgan fingerprint density at radius 3 is 2.25 bits per heavy atom. The first-order valence-corrected chi connectivity index (χ1v) is 6.13. The molecule has 0 aliphatic heterocycles. The maximum atomic E-state index is 12.4. The monoisotopic (exact) mass is 282 g/mol. The van der Waals surface area contributed by atoms with Gasteiger partial charge in [0, 0.05) is 0 Å². The second kappa shape index (κ2) is 6.44. The molecule has 110 valence electrons. The Labute approximate surface area is 115 Å². The number of carboxylic acid groups (broad SMARTS) is 2. The second-order valence-electron chi connectivity index (χ2n) is 4.86. The molecule has 6 N–H and O–H groups in total. The number of carbonyl (C=O) groups excluding carboxylic acids is 1. The summed E-state index contributed by atoms with van der Waals surface area (Å²) in [5.74, 6) is -2.90. The lowest BCUT2D eigenvalue weighted by Gasteiger charge is -2.33. The van der Waals surface area contributed by atoms with Crippen LogP contribution in [0.25, 0.3) is 0 Å². The Bertz CT molecular complexity index is 471. The van der Waals surface area contributed by atoms with E-state index in [4.69, 9.17) is 21.7 Å². The van der Waals surface area contributed by atoms with Crippen LogP contribution in [0, 0.1) is 5.41 Å². The van der Waals surface area contributed by atoms with Gasteiger partial charge in [-0.05, 0) is 12.8 Å². The predicted molar refractivity (Wildman–Crippen MR) is 70.8 cm³/mol. The highest BCUT2D eigenvalue weighted by molar-refractivity contribution is 5.94. The minimum Gasteiger partial charge on any atom is -0.481 e. The van der Waals surface area contributed by atoms with Gasteiger partial charge in [0.25, 0.3) is 0 Å². The predicted octanol–water partition coefficient (Wildman–Crippen LogP) is -0.338. The highest BCUT2D eigenvalue weighted by Crippen LogP contribution is 2.35. The Morgan fingerprint density at radius 1 is 1.15 bits per heavy atom. The zero-order valence-electron chi connectivity index (χ0n) is 10.9. The summed E-state index contributed by atoms with van der Waals surface area (Å²) in [4.78, 5) is 33.9. The molecule has 0 aromatic carbocycles. The Hall–Kier alpha value is -1.99. The summed E-state index contributed by atoms with van der Waals surface area (Å²) in [6, 6.07) is -2.41. The van der Waals surface area contributed by atoms with Gasteiger partial charge in [0.05, 0.1) is 17.9 Å². The van der Waals surface area contributed by atoms with Crippen molar-refractivity contribution in [3.05, 3.63) is 24.3 Å². The van der Waals surface area contributed by atoms with Crippen LogP contribution in [0.3, 0.4) is 0 Å². The minimum atomic E-state index is -1.22.